The van der Waals surface area contributed by atoms with Gasteiger partial charge in [-0.3, -0.25) is 4.79 Å². The van der Waals surface area contributed by atoms with E-state index in [9.17, 15) is 4.79 Å². The number of rotatable bonds is 6. The zero-order chi connectivity index (χ0) is 17.1. The molecule has 0 bridgehead atoms. The van der Waals surface area contributed by atoms with Crippen LogP contribution in [0.1, 0.15) is 23.7 Å². The normalized spacial score (nSPS) is 13.6. The Morgan fingerprint density at radius 1 is 1.23 bits per heavy atom. The number of alkyl halides is 6. The number of hydrogen-bond acceptors (Lipinski definition) is 3. The first-order chi connectivity index (χ1) is 10.0. The minimum Gasteiger partial charge on any atom is -0.493 e. The van der Waals surface area contributed by atoms with E-state index in [0.717, 1.165) is 0 Å². The molecule has 0 heterocycles. The summed E-state index contributed by atoms with van der Waals surface area (Å²) in [5.41, 5.74) is 0.441. The van der Waals surface area contributed by atoms with E-state index in [1.807, 2.05) is 6.92 Å². The highest BCUT2D eigenvalue weighted by Gasteiger charge is 2.49. The number of ether oxygens (including phenoxy) is 2. The van der Waals surface area contributed by atoms with E-state index in [4.69, 9.17) is 67.5 Å². The van der Waals surface area contributed by atoms with Crippen LogP contribution in [0.4, 0.5) is 0 Å². The molecule has 0 saturated heterocycles. The molecule has 0 spiro atoms. The molecule has 0 radical (unpaired) electrons. The maximum atomic E-state index is 12.1. The fraction of sp³-hybridized carbons (Fsp3) is 0.462. The lowest BCUT2D eigenvalue weighted by molar-refractivity contribution is 0.0989. The second-order valence-corrected chi connectivity index (χ2v) is 8.87. The van der Waals surface area contributed by atoms with E-state index in [-0.39, 0.29) is 22.1 Å². The number of methoxy groups -OCH3 is 1. The molecule has 0 aliphatic carbocycles. The van der Waals surface area contributed by atoms with Crippen LogP contribution in [0.25, 0.3) is 0 Å². The second kappa shape index (κ2) is 8.00. The minimum absolute atomic E-state index is 0.0864. The Kier molecular flexibility index (Phi) is 7.44. The molecule has 124 valence electrons. The molecule has 1 rings (SSSR count). The van der Waals surface area contributed by atoms with Crippen LogP contribution >= 0.6 is 73.9 Å². The maximum absolute atomic E-state index is 12.1. The molecule has 1 aromatic carbocycles. The van der Waals surface area contributed by atoms with Crippen molar-refractivity contribution in [2.24, 2.45) is 0 Å². The topological polar surface area (TPSA) is 35.5 Å². The molecule has 1 unspecified atom stereocenters. The van der Waals surface area contributed by atoms with E-state index in [1.165, 1.54) is 19.2 Å². The van der Waals surface area contributed by atoms with Crippen LogP contribution < -0.4 is 9.47 Å². The molecular formula is C13H12BrCl5O3. The van der Waals surface area contributed by atoms with Crippen molar-refractivity contribution in [3.8, 4) is 11.5 Å². The number of halogens is 6. The minimum atomic E-state index is -2.13. The maximum Gasteiger partial charge on any atom is 0.305 e. The highest BCUT2D eigenvalue weighted by atomic mass is 79.9. The number of ketones is 1. The SMILES string of the molecule is CCC(Br)C(=O)c1ccc(OC(Cl)(Cl)C(Cl)(Cl)Cl)c(OC)c1. The highest BCUT2D eigenvalue weighted by molar-refractivity contribution is 9.10. The molecular weight excluding hydrogens is 461 g/mol. The molecule has 3 nitrogen and oxygen atoms in total. The van der Waals surface area contributed by atoms with Crippen molar-refractivity contribution in [2.75, 3.05) is 7.11 Å². The number of hydrogen-bond donors (Lipinski definition) is 0. The summed E-state index contributed by atoms with van der Waals surface area (Å²) in [4.78, 5) is 11.9. The summed E-state index contributed by atoms with van der Waals surface area (Å²) in [6.45, 7) is 1.89. The van der Waals surface area contributed by atoms with Gasteiger partial charge in [-0.2, -0.15) is 0 Å². The van der Waals surface area contributed by atoms with E-state index in [1.54, 1.807) is 6.07 Å². The Labute approximate surface area is 162 Å². The smallest absolute Gasteiger partial charge is 0.305 e. The van der Waals surface area contributed by atoms with Crippen molar-refractivity contribution in [1.29, 1.82) is 0 Å². The van der Waals surface area contributed by atoms with Gasteiger partial charge in [0, 0.05) is 5.56 Å². The van der Waals surface area contributed by atoms with E-state index in [2.05, 4.69) is 15.9 Å². The van der Waals surface area contributed by atoms with Crippen LogP contribution in [0.15, 0.2) is 18.2 Å². The first-order valence-electron chi connectivity index (χ1n) is 6.03. The van der Waals surface area contributed by atoms with Gasteiger partial charge >= 0.3 is 4.52 Å². The van der Waals surface area contributed by atoms with Crippen molar-refractivity contribution >= 4 is 79.7 Å². The standard InChI is InChI=1S/C13H12BrCl5O3/c1-3-8(14)11(20)7-4-5-9(10(6-7)21-2)22-13(18,19)12(15,16)17/h4-6,8H,3H2,1-2H3. The van der Waals surface area contributed by atoms with Crippen molar-refractivity contribution in [3.63, 3.8) is 0 Å². The molecule has 22 heavy (non-hydrogen) atoms. The first kappa shape index (κ1) is 20.5. The van der Waals surface area contributed by atoms with Crippen LogP contribution in [0.2, 0.25) is 0 Å². The number of carbonyl (C=O) groups is 1. The van der Waals surface area contributed by atoms with Crippen LogP contribution in [-0.4, -0.2) is 26.0 Å². The average molecular weight is 473 g/mol. The molecule has 0 amide bonds. The van der Waals surface area contributed by atoms with Gasteiger partial charge in [-0.1, -0.05) is 80.9 Å². The molecule has 0 fully saturated rings. The van der Waals surface area contributed by atoms with Gasteiger partial charge in [0.05, 0.1) is 11.9 Å². The third-order valence-corrected chi connectivity index (χ3v) is 5.82. The van der Waals surface area contributed by atoms with Gasteiger partial charge in [-0.05, 0) is 24.6 Å². The molecule has 0 N–H and O–H groups in total. The number of carbonyl (C=O) groups excluding carboxylic acids is 1. The molecule has 1 aromatic rings. The Morgan fingerprint density at radius 3 is 2.27 bits per heavy atom. The van der Waals surface area contributed by atoms with Gasteiger partial charge < -0.3 is 9.47 Å². The van der Waals surface area contributed by atoms with E-state index >= 15 is 0 Å². The summed E-state index contributed by atoms with van der Waals surface area (Å²) in [7, 11) is 1.40. The van der Waals surface area contributed by atoms with Crippen molar-refractivity contribution in [2.45, 2.75) is 26.5 Å². The predicted octanol–water partition coefficient (Wildman–Crippen LogP) is 5.93. The molecule has 0 saturated carbocycles. The third-order valence-electron chi connectivity index (χ3n) is 2.66. The highest BCUT2D eigenvalue weighted by Crippen LogP contribution is 2.48. The Bertz CT molecular complexity index is 545. The van der Waals surface area contributed by atoms with Gasteiger partial charge in [-0.25, -0.2) is 0 Å². The Balaban J connectivity index is 3.12. The molecule has 1 atom stereocenters. The largest absolute Gasteiger partial charge is 0.493 e. The third kappa shape index (κ3) is 4.96. The van der Waals surface area contributed by atoms with Crippen LogP contribution in [0.5, 0.6) is 11.5 Å². The number of benzene rings is 1. The van der Waals surface area contributed by atoms with Crippen molar-refractivity contribution in [3.05, 3.63) is 23.8 Å². The summed E-state index contributed by atoms with van der Waals surface area (Å²) in [5.74, 6) is 0.288. The summed E-state index contributed by atoms with van der Waals surface area (Å²) in [6.07, 6.45) is 0.652. The molecule has 0 aliphatic rings. The lowest BCUT2D eigenvalue weighted by Gasteiger charge is -2.28. The summed E-state index contributed by atoms with van der Waals surface area (Å²) in [6, 6.07) is 4.52. The zero-order valence-corrected chi connectivity index (χ0v) is 16.9. The second-order valence-electron chi connectivity index (χ2n) is 4.22. The molecule has 0 aliphatic heterocycles. The van der Waals surface area contributed by atoms with Crippen LogP contribution in [-0.2, 0) is 0 Å². The van der Waals surface area contributed by atoms with Gasteiger partial charge in [0.2, 0.25) is 0 Å². The average Bonchev–Trinajstić information content (AvgIpc) is 2.44. The van der Waals surface area contributed by atoms with E-state index in [0.29, 0.717) is 12.0 Å². The summed E-state index contributed by atoms with van der Waals surface area (Å²) >= 11 is 32.0. The Morgan fingerprint density at radius 2 is 1.82 bits per heavy atom. The van der Waals surface area contributed by atoms with Gasteiger partial charge in [-0.15, -0.1) is 0 Å². The van der Waals surface area contributed by atoms with Gasteiger partial charge in [0.15, 0.2) is 17.3 Å². The van der Waals surface area contributed by atoms with E-state index < -0.39 is 8.31 Å². The monoisotopic (exact) mass is 470 g/mol. The lowest BCUT2D eigenvalue weighted by atomic mass is 10.1. The van der Waals surface area contributed by atoms with Gasteiger partial charge in [0.25, 0.3) is 3.79 Å². The summed E-state index contributed by atoms with van der Waals surface area (Å²) in [5, 5.41) is 0. The quantitative estimate of drug-likeness (QED) is 0.380. The predicted molar refractivity (Wildman–Crippen MR) is 95.7 cm³/mol. The van der Waals surface area contributed by atoms with Gasteiger partial charge in [0.1, 0.15) is 0 Å². The number of Topliss-reactive ketones (excluding diaryl/α,β-unsaturated/α-hetero) is 1. The van der Waals surface area contributed by atoms with Crippen LogP contribution in [0.3, 0.4) is 0 Å². The Hall–Kier alpha value is 0.420. The molecule has 0 aromatic heterocycles. The summed E-state index contributed by atoms with van der Waals surface area (Å²) < 4.78 is 6.25. The fourth-order valence-corrected chi connectivity index (χ4v) is 2.01. The zero-order valence-electron chi connectivity index (χ0n) is 11.5. The lowest BCUT2D eigenvalue weighted by Crippen LogP contribution is -2.37. The fourth-order valence-electron chi connectivity index (χ4n) is 1.47. The van der Waals surface area contributed by atoms with Crippen molar-refractivity contribution < 1.29 is 14.3 Å². The van der Waals surface area contributed by atoms with Crippen molar-refractivity contribution in [1.82, 2.24) is 0 Å². The van der Waals surface area contributed by atoms with Crippen LogP contribution in [0, 0.1) is 0 Å². The molecule has 9 heteroatoms. The first-order valence-corrected chi connectivity index (χ1v) is 8.84.